The number of carbonyl (C=O) groups excluding carboxylic acids is 1. The van der Waals surface area contributed by atoms with Crippen molar-refractivity contribution in [3.05, 3.63) is 78.5 Å². The Morgan fingerprint density at radius 2 is 1.71 bits per heavy atom. The topological polar surface area (TPSA) is 75.9 Å². The fraction of sp³-hybridized carbons (Fsp3) is 0.167. The minimum absolute atomic E-state index is 0.139. The normalized spacial score (nSPS) is 15.2. The number of benzene rings is 2. The molecule has 1 aliphatic rings. The fourth-order valence-corrected chi connectivity index (χ4v) is 4.01. The number of thioether (sulfide) groups is 1. The van der Waals surface area contributed by atoms with Crippen molar-refractivity contribution in [2.45, 2.75) is 17.9 Å². The lowest BCUT2D eigenvalue weighted by atomic mass is 9.93. The summed E-state index contributed by atoms with van der Waals surface area (Å²) in [5.74, 6) is 1.15. The number of amides is 1. The predicted molar refractivity (Wildman–Crippen MR) is 125 cm³/mol. The van der Waals surface area contributed by atoms with Crippen LogP contribution in [0.4, 0.5) is 11.4 Å². The third kappa shape index (κ3) is 5.00. The van der Waals surface area contributed by atoms with Gasteiger partial charge in [0.05, 0.1) is 35.2 Å². The van der Waals surface area contributed by atoms with E-state index in [0.717, 1.165) is 33.4 Å². The van der Waals surface area contributed by atoms with E-state index < -0.39 is 0 Å². The minimum atomic E-state index is -0.276. The van der Waals surface area contributed by atoms with Crippen LogP contribution < -0.4 is 10.1 Å². The van der Waals surface area contributed by atoms with Crippen LogP contribution in [0.15, 0.2) is 87.9 Å². The molecule has 6 nitrogen and oxygen atoms in total. The fourth-order valence-electron chi connectivity index (χ4n) is 3.35. The molecular weight excluding hydrogens is 408 g/mol. The lowest BCUT2D eigenvalue weighted by molar-refractivity contribution is -0.117. The Labute approximate surface area is 185 Å². The summed E-state index contributed by atoms with van der Waals surface area (Å²) in [7, 11) is 1.64. The highest BCUT2D eigenvalue weighted by Gasteiger charge is 2.26. The van der Waals surface area contributed by atoms with Crippen LogP contribution in [0.3, 0.4) is 0 Å². The molecule has 0 saturated heterocycles. The third-order valence-corrected chi connectivity index (χ3v) is 5.76. The molecule has 1 amide bonds. The Hall–Kier alpha value is -3.45. The van der Waals surface area contributed by atoms with E-state index in [2.05, 4.69) is 10.3 Å². The Balaban J connectivity index is 1.64. The largest absolute Gasteiger partial charge is 0.497 e. The molecule has 156 valence electrons. The summed E-state index contributed by atoms with van der Waals surface area (Å²) in [5, 5.41) is 3.83. The van der Waals surface area contributed by atoms with Gasteiger partial charge in [-0.05, 0) is 48.9 Å². The average Bonchev–Trinajstić information content (AvgIpc) is 2.93. The van der Waals surface area contributed by atoms with Gasteiger partial charge in [-0.3, -0.25) is 9.79 Å². The zero-order chi connectivity index (χ0) is 21.6. The molecule has 2 aromatic carbocycles. The number of rotatable bonds is 5. The molecule has 0 saturated carbocycles. The standard InChI is InChI=1S/C24H22N4O2S/c1-16-23(17-10-12-18(30-2)13-11-17)24(27-20-8-4-3-7-19(20)26-16)28-21(29)15-31-22-9-5-6-14-25-22/h3-14,23H,15H2,1-2H3,(H,27,28,29)/t23-/m1/s1. The number of methoxy groups -OCH3 is 1. The highest BCUT2D eigenvalue weighted by atomic mass is 32.2. The van der Waals surface area contributed by atoms with Crippen molar-refractivity contribution in [1.29, 1.82) is 0 Å². The minimum Gasteiger partial charge on any atom is -0.497 e. The van der Waals surface area contributed by atoms with E-state index in [-0.39, 0.29) is 17.6 Å². The van der Waals surface area contributed by atoms with E-state index in [0.29, 0.717) is 5.84 Å². The van der Waals surface area contributed by atoms with Gasteiger partial charge in [-0.15, -0.1) is 0 Å². The first-order chi connectivity index (χ1) is 15.1. The van der Waals surface area contributed by atoms with Crippen LogP contribution in [0.1, 0.15) is 18.4 Å². The maximum Gasteiger partial charge on any atom is 0.235 e. The number of nitrogens with zero attached hydrogens (tertiary/aromatic N) is 3. The summed E-state index contributed by atoms with van der Waals surface area (Å²) in [6.07, 6.45) is 1.71. The van der Waals surface area contributed by atoms with E-state index in [9.17, 15) is 4.79 Å². The van der Waals surface area contributed by atoms with Crippen molar-refractivity contribution >= 4 is 40.6 Å². The Kier molecular flexibility index (Phi) is 6.43. The zero-order valence-corrected chi connectivity index (χ0v) is 18.1. The molecule has 1 atom stereocenters. The van der Waals surface area contributed by atoms with Crippen molar-refractivity contribution < 1.29 is 9.53 Å². The maximum absolute atomic E-state index is 12.8. The smallest absolute Gasteiger partial charge is 0.235 e. The number of hydrogen-bond acceptors (Lipinski definition) is 6. The molecule has 0 fully saturated rings. The number of hydrogen-bond donors (Lipinski definition) is 1. The number of amidine groups is 1. The molecule has 0 bridgehead atoms. The van der Waals surface area contributed by atoms with E-state index in [1.54, 1.807) is 13.3 Å². The van der Waals surface area contributed by atoms with Gasteiger partial charge in [0.1, 0.15) is 11.6 Å². The number of aromatic nitrogens is 1. The summed E-state index contributed by atoms with van der Waals surface area (Å²) in [5.41, 5.74) is 3.34. The van der Waals surface area contributed by atoms with Crippen molar-refractivity contribution in [2.75, 3.05) is 12.9 Å². The van der Waals surface area contributed by atoms with Crippen molar-refractivity contribution in [3.8, 4) is 5.75 Å². The van der Waals surface area contributed by atoms with Crippen LogP contribution in [-0.2, 0) is 4.79 Å². The van der Waals surface area contributed by atoms with E-state index in [1.807, 2.05) is 73.7 Å². The molecule has 0 spiro atoms. The van der Waals surface area contributed by atoms with Crippen LogP contribution in [0.25, 0.3) is 0 Å². The highest BCUT2D eigenvalue weighted by Crippen LogP contribution is 2.34. The highest BCUT2D eigenvalue weighted by molar-refractivity contribution is 7.99. The Bertz CT molecular complexity index is 1130. The molecule has 1 aliphatic heterocycles. The summed E-state index contributed by atoms with van der Waals surface area (Å²) < 4.78 is 5.29. The zero-order valence-electron chi connectivity index (χ0n) is 17.3. The van der Waals surface area contributed by atoms with E-state index >= 15 is 0 Å². The molecule has 0 unspecified atom stereocenters. The molecule has 4 rings (SSSR count). The first-order valence-electron chi connectivity index (χ1n) is 9.84. The number of para-hydroxylation sites is 2. The summed E-state index contributed by atoms with van der Waals surface area (Å²) in [6.45, 7) is 1.96. The van der Waals surface area contributed by atoms with Gasteiger partial charge in [0.2, 0.25) is 5.91 Å². The van der Waals surface area contributed by atoms with Gasteiger partial charge >= 0.3 is 0 Å². The summed E-state index contributed by atoms with van der Waals surface area (Å²) in [6, 6.07) is 21.1. The molecule has 2 heterocycles. The number of aliphatic imine (C=N–C) groups is 2. The third-order valence-electron chi connectivity index (χ3n) is 4.82. The molecule has 0 aliphatic carbocycles. The van der Waals surface area contributed by atoms with Gasteiger partial charge in [0, 0.05) is 11.9 Å². The number of carbonyl (C=O) groups is 1. The predicted octanol–water partition coefficient (Wildman–Crippen LogP) is 4.92. The molecule has 0 radical (unpaired) electrons. The summed E-state index contributed by atoms with van der Waals surface area (Å²) >= 11 is 1.39. The average molecular weight is 431 g/mol. The maximum atomic E-state index is 12.8. The van der Waals surface area contributed by atoms with Crippen LogP contribution in [-0.4, -0.2) is 35.3 Å². The van der Waals surface area contributed by atoms with Crippen molar-refractivity contribution in [1.82, 2.24) is 10.3 Å². The molecular formula is C24H22N4O2S. The SMILES string of the molecule is COc1ccc([C@H]2C(C)=Nc3ccccc3N=C2NC(=O)CSc2ccccn2)cc1. The first kappa shape index (κ1) is 20.8. The number of nitrogens with one attached hydrogen (secondary N) is 1. The van der Waals surface area contributed by atoms with Gasteiger partial charge in [-0.1, -0.05) is 42.1 Å². The van der Waals surface area contributed by atoms with Gasteiger partial charge in [-0.25, -0.2) is 9.98 Å². The lowest BCUT2D eigenvalue weighted by Gasteiger charge is -2.19. The molecule has 7 heteroatoms. The monoisotopic (exact) mass is 430 g/mol. The molecule has 3 aromatic rings. The van der Waals surface area contributed by atoms with Gasteiger partial charge in [-0.2, -0.15) is 0 Å². The van der Waals surface area contributed by atoms with E-state index in [1.165, 1.54) is 11.8 Å². The second-order valence-corrected chi connectivity index (χ2v) is 7.95. The van der Waals surface area contributed by atoms with Gasteiger partial charge in [0.15, 0.2) is 0 Å². The Morgan fingerprint density at radius 1 is 1.00 bits per heavy atom. The second kappa shape index (κ2) is 9.57. The molecule has 31 heavy (non-hydrogen) atoms. The lowest BCUT2D eigenvalue weighted by Crippen LogP contribution is -2.38. The number of ether oxygens (including phenoxy) is 1. The molecule has 1 N–H and O–H groups in total. The summed E-state index contributed by atoms with van der Waals surface area (Å²) in [4.78, 5) is 26.6. The van der Waals surface area contributed by atoms with Crippen LogP contribution in [0.5, 0.6) is 5.75 Å². The van der Waals surface area contributed by atoms with Gasteiger partial charge in [0.25, 0.3) is 0 Å². The molecule has 1 aromatic heterocycles. The van der Waals surface area contributed by atoms with Crippen LogP contribution >= 0.6 is 11.8 Å². The van der Waals surface area contributed by atoms with E-state index in [4.69, 9.17) is 14.7 Å². The number of pyridine rings is 1. The quantitative estimate of drug-likeness (QED) is 0.583. The Morgan fingerprint density at radius 3 is 2.39 bits per heavy atom. The van der Waals surface area contributed by atoms with Crippen molar-refractivity contribution in [3.63, 3.8) is 0 Å². The van der Waals surface area contributed by atoms with Crippen molar-refractivity contribution in [2.24, 2.45) is 9.98 Å². The van der Waals surface area contributed by atoms with Crippen LogP contribution in [0, 0.1) is 0 Å². The first-order valence-corrected chi connectivity index (χ1v) is 10.8. The van der Waals surface area contributed by atoms with Crippen LogP contribution in [0.2, 0.25) is 0 Å². The second-order valence-electron chi connectivity index (χ2n) is 6.95. The number of fused-ring (bicyclic) bond motifs is 1. The van der Waals surface area contributed by atoms with Gasteiger partial charge < -0.3 is 10.1 Å².